The Hall–Kier alpha value is -3.77. The fourth-order valence-electron chi connectivity index (χ4n) is 3.20. The first-order valence-corrected chi connectivity index (χ1v) is 10.3. The number of carbonyl (C=O) groups excluding carboxylic acids is 1. The predicted molar refractivity (Wildman–Crippen MR) is 124 cm³/mol. The molecule has 3 N–H and O–H groups in total. The Bertz CT molecular complexity index is 1420. The van der Waals surface area contributed by atoms with E-state index in [9.17, 15) is 10.0 Å². The van der Waals surface area contributed by atoms with E-state index < -0.39 is 11.7 Å². The summed E-state index contributed by atoms with van der Waals surface area (Å²) in [6.07, 6.45) is 0. The van der Waals surface area contributed by atoms with Gasteiger partial charge in [0.05, 0.1) is 16.7 Å². The number of nitrogens with one attached hydrogen (secondary N) is 3. The monoisotopic (exact) mass is 483 g/mol. The normalized spacial score (nSPS) is 10.6. The molecule has 0 radical (unpaired) electrons. The van der Waals surface area contributed by atoms with Crippen molar-refractivity contribution in [2.75, 3.05) is 5.48 Å². The standard InChI is InChI=1S/C23H14Cl2FN4O3/c24-15-5-12(10-27)6-17(9-15)33-22-18(25)3-1-13(21(22)26)11-28-23(31)20-8-14-7-16(30-32)2-4-19(14)29-20/h1-9,29-30H,11H2,(H,28,31)/q-1. The van der Waals surface area contributed by atoms with Crippen LogP contribution < -0.4 is 15.5 Å². The summed E-state index contributed by atoms with van der Waals surface area (Å²) in [6.45, 7) is -0.139. The van der Waals surface area contributed by atoms with E-state index in [-0.39, 0.29) is 44.9 Å². The average Bonchev–Trinajstić information content (AvgIpc) is 3.24. The summed E-state index contributed by atoms with van der Waals surface area (Å²) < 4.78 is 20.7. The number of carbonyl (C=O) groups is 1. The highest BCUT2D eigenvalue weighted by molar-refractivity contribution is 6.32. The van der Waals surface area contributed by atoms with Gasteiger partial charge in [-0.25, -0.2) is 4.39 Å². The van der Waals surface area contributed by atoms with E-state index in [0.29, 0.717) is 16.6 Å². The molecule has 33 heavy (non-hydrogen) atoms. The zero-order valence-corrected chi connectivity index (χ0v) is 18.2. The maximum Gasteiger partial charge on any atom is 0.267 e. The minimum absolute atomic E-state index is 0.0134. The second kappa shape index (κ2) is 9.38. The van der Waals surface area contributed by atoms with Crippen LogP contribution in [0, 0.1) is 22.4 Å². The van der Waals surface area contributed by atoms with E-state index in [1.54, 1.807) is 29.7 Å². The molecule has 0 bridgehead atoms. The summed E-state index contributed by atoms with van der Waals surface area (Å²) in [4.78, 5) is 15.5. The lowest BCUT2D eigenvalue weighted by molar-refractivity contribution is 0.0946. The largest absolute Gasteiger partial charge is 0.761 e. The second-order valence-corrected chi connectivity index (χ2v) is 7.85. The van der Waals surface area contributed by atoms with Crippen LogP contribution in [0.15, 0.2) is 54.6 Å². The van der Waals surface area contributed by atoms with Crippen molar-refractivity contribution < 1.29 is 13.9 Å². The van der Waals surface area contributed by atoms with Gasteiger partial charge in [0.1, 0.15) is 11.4 Å². The topological polar surface area (TPSA) is 113 Å². The zero-order valence-electron chi connectivity index (χ0n) is 16.7. The predicted octanol–water partition coefficient (Wildman–Crippen LogP) is 6.12. The van der Waals surface area contributed by atoms with Crippen LogP contribution in [0.3, 0.4) is 0 Å². The number of hydrogen-bond acceptors (Lipinski definition) is 5. The maximum atomic E-state index is 15.1. The molecule has 166 valence electrons. The molecule has 0 aliphatic heterocycles. The molecule has 0 aliphatic carbocycles. The molecule has 0 atom stereocenters. The van der Waals surface area contributed by atoms with Crippen molar-refractivity contribution in [1.82, 2.24) is 10.3 Å². The van der Waals surface area contributed by atoms with Crippen LogP contribution in [0.4, 0.5) is 10.1 Å². The molecule has 7 nitrogen and oxygen atoms in total. The molecule has 0 aliphatic rings. The first-order chi connectivity index (χ1) is 15.9. The number of aromatic amines is 1. The van der Waals surface area contributed by atoms with E-state index in [1.807, 2.05) is 6.07 Å². The number of nitriles is 1. The lowest BCUT2D eigenvalue weighted by atomic mass is 10.2. The highest BCUT2D eigenvalue weighted by Crippen LogP contribution is 2.35. The fraction of sp³-hybridized carbons (Fsp3) is 0.0435. The molecule has 1 aromatic heterocycles. The average molecular weight is 484 g/mol. The lowest BCUT2D eigenvalue weighted by Gasteiger charge is -2.13. The molecule has 0 saturated heterocycles. The van der Waals surface area contributed by atoms with Gasteiger partial charge in [0, 0.05) is 33.7 Å². The molecule has 1 heterocycles. The Balaban J connectivity index is 1.53. The van der Waals surface area contributed by atoms with Gasteiger partial charge in [-0.1, -0.05) is 29.3 Å². The molecule has 4 rings (SSSR count). The van der Waals surface area contributed by atoms with Crippen molar-refractivity contribution in [1.29, 1.82) is 5.26 Å². The third-order valence-corrected chi connectivity index (χ3v) is 5.29. The molecule has 0 saturated carbocycles. The van der Waals surface area contributed by atoms with Crippen LogP contribution in [-0.4, -0.2) is 10.9 Å². The number of nitrogens with zero attached hydrogens (tertiary/aromatic N) is 1. The summed E-state index contributed by atoms with van der Waals surface area (Å²) in [6, 6.07) is 15.5. The number of H-pyrrole nitrogens is 1. The number of aromatic nitrogens is 1. The van der Waals surface area contributed by atoms with Crippen molar-refractivity contribution >= 4 is 45.7 Å². The van der Waals surface area contributed by atoms with Crippen molar-refractivity contribution in [3.63, 3.8) is 0 Å². The maximum absolute atomic E-state index is 15.1. The minimum atomic E-state index is -0.760. The number of fused-ring (bicyclic) bond motifs is 1. The van der Waals surface area contributed by atoms with E-state index in [2.05, 4.69) is 10.3 Å². The number of benzene rings is 3. The van der Waals surface area contributed by atoms with E-state index in [1.165, 1.54) is 30.3 Å². The van der Waals surface area contributed by atoms with Gasteiger partial charge in [-0.3, -0.25) is 4.79 Å². The number of hydrogen-bond donors (Lipinski definition) is 3. The van der Waals surface area contributed by atoms with Gasteiger partial charge < -0.3 is 25.7 Å². The first-order valence-electron chi connectivity index (χ1n) is 9.52. The Labute approximate surface area is 197 Å². The molecule has 0 spiro atoms. The number of rotatable bonds is 6. The Morgan fingerprint density at radius 3 is 2.73 bits per heavy atom. The summed E-state index contributed by atoms with van der Waals surface area (Å²) in [7, 11) is 0. The molecule has 4 aromatic rings. The fourth-order valence-corrected chi connectivity index (χ4v) is 3.61. The Morgan fingerprint density at radius 1 is 1.15 bits per heavy atom. The summed E-state index contributed by atoms with van der Waals surface area (Å²) in [5, 5.41) is 23.4. The number of anilines is 1. The zero-order chi connectivity index (χ0) is 23.5. The molecule has 0 fully saturated rings. The van der Waals surface area contributed by atoms with Gasteiger partial charge in [-0.2, -0.15) is 5.26 Å². The molecular weight excluding hydrogens is 470 g/mol. The molecular formula is C23H14Cl2FN4O3-. The van der Waals surface area contributed by atoms with Crippen LogP contribution in [0.5, 0.6) is 11.5 Å². The molecule has 3 aromatic carbocycles. The van der Waals surface area contributed by atoms with Crippen molar-refractivity contribution in [2.45, 2.75) is 6.54 Å². The van der Waals surface area contributed by atoms with Gasteiger partial charge in [0.15, 0.2) is 11.6 Å². The van der Waals surface area contributed by atoms with Crippen molar-refractivity contribution in [2.24, 2.45) is 0 Å². The van der Waals surface area contributed by atoms with Gasteiger partial charge >= 0.3 is 0 Å². The van der Waals surface area contributed by atoms with Gasteiger partial charge in [0.25, 0.3) is 5.91 Å². The molecule has 0 unspecified atom stereocenters. The smallest absolute Gasteiger partial charge is 0.267 e. The highest BCUT2D eigenvalue weighted by Gasteiger charge is 2.17. The van der Waals surface area contributed by atoms with Crippen LogP contribution in [0.2, 0.25) is 10.0 Å². The van der Waals surface area contributed by atoms with Crippen LogP contribution in [-0.2, 0) is 6.54 Å². The SMILES string of the molecule is N#Cc1cc(Cl)cc(Oc2c(Cl)ccc(CNC(=O)c3cc4cc(N[O-])ccc4[nH]3)c2F)c1. The molecule has 10 heteroatoms. The van der Waals surface area contributed by atoms with Crippen LogP contribution in [0.25, 0.3) is 10.9 Å². The number of amides is 1. The first kappa shape index (κ1) is 22.4. The second-order valence-electron chi connectivity index (χ2n) is 7.01. The van der Waals surface area contributed by atoms with Crippen LogP contribution >= 0.6 is 23.2 Å². The minimum Gasteiger partial charge on any atom is -0.761 e. The van der Waals surface area contributed by atoms with Gasteiger partial charge in [-0.15, -0.1) is 0 Å². The number of ether oxygens (including phenoxy) is 1. The summed E-state index contributed by atoms with van der Waals surface area (Å²) in [5.41, 5.74) is 3.47. The quantitative estimate of drug-likeness (QED) is 0.286. The van der Waals surface area contributed by atoms with Gasteiger partial charge in [-0.05, 0) is 48.5 Å². The summed E-state index contributed by atoms with van der Waals surface area (Å²) in [5.74, 6) is -1.33. The van der Waals surface area contributed by atoms with Crippen molar-refractivity contribution in [3.8, 4) is 17.6 Å². The molecule has 1 amide bonds. The van der Waals surface area contributed by atoms with Crippen molar-refractivity contribution in [3.05, 3.63) is 92.5 Å². The lowest BCUT2D eigenvalue weighted by Crippen LogP contribution is -2.23. The third-order valence-electron chi connectivity index (χ3n) is 4.77. The summed E-state index contributed by atoms with van der Waals surface area (Å²) >= 11 is 12.1. The van der Waals surface area contributed by atoms with Crippen LogP contribution in [0.1, 0.15) is 21.6 Å². The van der Waals surface area contributed by atoms with E-state index in [0.717, 1.165) is 0 Å². The van der Waals surface area contributed by atoms with E-state index in [4.69, 9.17) is 33.2 Å². The third kappa shape index (κ3) is 4.86. The Morgan fingerprint density at radius 2 is 1.97 bits per heavy atom. The van der Waals surface area contributed by atoms with E-state index >= 15 is 4.39 Å². The Kier molecular flexibility index (Phi) is 6.38. The van der Waals surface area contributed by atoms with Gasteiger partial charge in [0.2, 0.25) is 0 Å². The number of halogens is 3. The highest BCUT2D eigenvalue weighted by atomic mass is 35.5.